The summed E-state index contributed by atoms with van der Waals surface area (Å²) in [7, 11) is 0. The van der Waals surface area contributed by atoms with Crippen LogP contribution in [-0.2, 0) is 4.79 Å². The molecule has 6 nitrogen and oxygen atoms in total. The molecule has 0 unspecified atom stereocenters. The Kier molecular flexibility index (Phi) is 7.95. The molecular weight excluding hydrogens is 339 g/mol. The van der Waals surface area contributed by atoms with Crippen molar-refractivity contribution in [2.24, 2.45) is 0 Å². The monoisotopic (exact) mass is 354 g/mol. The normalized spacial score (nSPS) is 11.0. The predicted molar refractivity (Wildman–Crippen MR) is 90.3 cm³/mol. The maximum atomic E-state index is 12.0. The number of alkyl halides is 1. The zero-order valence-corrected chi connectivity index (χ0v) is 14.0. The first kappa shape index (κ1) is 18.8. The second-order valence-corrected chi connectivity index (χ2v) is 5.31. The molecule has 0 bridgehead atoms. The Bertz CT molecular complexity index is 653. The molecule has 0 aliphatic heterocycles. The lowest BCUT2D eigenvalue weighted by molar-refractivity contribution is -0.116. The minimum Gasteiger partial charge on any atom is -0.387 e. The molecule has 1 aromatic carbocycles. The van der Waals surface area contributed by atoms with Gasteiger partial charge in [-0.05, 0) is 31.5 Å². The molecule has 1 aromatic rings. The van der Waals surface area contributed by atoms with Crippen LogP contribution in [0.5, 0.6) is 0 Å². The Hall–Kier alpha value is -2.23. The van der Waals surface area contributed by atoms with Gasteiger partial charge in [-0.2, -0.15) is 5.26 Å². The molecule has 0 spiro atoms. The number of benzene rings is 1. The number of anilines is 1. The zero-order chi connectivity index (χ0) is 17.2. The molecule has 0 fully saturated rings. The fraction of sp³-hybridized carbons (Fsp3) is 0.267. The number of nitriles is 1. The number of allylic oxidation sites excluding steroid dienone is 1. The van der Waals surface area contributed by atoms with Crippen LogP contribution in [0.1, 0.15) is 13.3 Å². The van der Waals surface area contributed by atoms with Gasteiger partial charge < -0.3 is 10.6 Å². The number of carbonyl (C=O) groups excluding carboxylic acids is 2. The highest BCUT2D eigenvalue weighted by atomic mass is 35.5. The van der Waals surface area contributed by atoms with E-state index in [1.807, 2.05) is 0 Å². The van der Waals surface area contributed by atoms with Crippen LogP contribution in [0, 0.1) is 11.3 Å². The Morgan fingerprint density at radius 1 is 1.35 bits per heavy atom. The van der Waals surface area contributed by atoms with Crippen LogP contribution in [0.15, 0.2) is 35.5 Å². The molecule has 3 amide bonds. The van der Waals surface area contributed by atoms with E-state index in [0.29, 0.717) is 35.3 Å². The molecule has 8 heteroatoms. The highest BCUT2D eigenvalue weighted by Crippen LogP contribution is 2.14. The number of urea groups is 1. The summed E-state index contributed by atoms with van der Waals surface area (Å²) >= 11 is 11.4. The van der Waals surface area contributed by atoms with E-state index in [-0.39, 0.29) is 5.57 Å². The number of amides is 3. The van der Waals surface area contributed by atoms with Crippen LogP contribution in [-0.4, -0.2) is 24.4 Å². The van der Waals surface area contributed by atoms with Crippen molar-refractivity contribution in [2.75, 3.05) is 17.7 Å². The Balaban J connectivity index is 2.67. The van der Waals surface area contributed by atoms with E-state index in [9.17, 15) is 9.59 Å². The second kappa shape index (κ2) is 9.72. The molecule has 0 atom stereocenters. The number of hydrogen-bond acceptors (Lipinski definition) is 4. The first-order chi connectivity index (χ1) is 11.0. The summed E-state index contributed by atoms with van der Waals surface area (Å²) < 4.78 is 0. The summed E-state index contributed by atoms with van der Waals surface area (Å²) in [6, 6.07) is 7.49. The summed E-state index contributed by atoms with van der Waals surface area (Å²) in [5, 5.41) is 17.0. The maximum Gasteiger partial charge on any atom is 0.326 e. The van der Waals surface area contributed by atoms with Gasteiger partial charge in [0, 0.05) is 28.8 Å². The fourth-order valence-corrected chi connectivity index (χ4v) is 1.95. The van der Waals surface area contributed by atoms with Gasteiger partial charge in [0.15, 0.2) is 0 Å². The van der Waals surface area contributed by atoms with Crippen molar-refractivity contribution < 1.29 is 9.59 Å². The lowest BCUT2D eigenvalue weighted by Gasteiger charge is -2.09. The van der Waals surface area contributed by atoms with E-state index >= 15 is 0 Å². The first-order valence-electron chi connectivity index (χ1n) is 6.76. The number of nitrogens with one attached hydrogen (secondary N) is 3. The Morgan fingerprint density at radius 2 is 2.09 bits per heavy atom. The summed E-state index contributed by atoms with van der Waals surface area (Å²) in [6.07, 6.45) is 0.689. The van der Waals surface area contributed by atoms with Gasteiger partial charge in [0.05, 0.1) is 0 Å². The van der Waals surface area contributed by atoms with Crippen LogP contribution in [0.4, 0.5) is 10.5 Å². The van der Waals surface area contributed by atoms with Gasteiger partial charge in [0.25, 0.3) is 5.91 Å². The van der Waals surface area contributed by atoms with E-state index in [0.717, 1.165) is 0 Å². The zero-order valence-electron chi connectivity index (χ0n) is 12.5. The number of imide groups is 1. The second-order valence-electron chi connectivity index (χ2n) is 4.50. The third kappa shape index (κ3) is 6.59. The average Bonchev–Trinajstić information content (AvgIpc) is 2.48. The maximum absolute atomic E-state index is 12.0. The summed E-state index contributed by atoms with van der Waals surface area (Å²) in [6.45, 7) is 2.11. The van der Waals surface area contributed by atoms with Gasteiger partial charge in [-0.25, -0.2) is 4.79 Å². The van der Waals surface area contributed by atoms with E-state index in [1.54, 1.807) is 31.2 Å². The highest BCUT2D eigenvalue weighted by Gasteiger charge is 2.16. The predicted octanol–water partition coefficient (Wildman–Crippen LogP) is 3.00. The van der Waals surface area contributed by atoms with Crippen LogP contribution in [0.3, 0.4) is 0 Å². The van der Waals surface area contributed by atoms with Gasteiger partial charge in [-0.1, -0.05) is 17.7 Å². The molecule has 3 N–H and O–H groups in total. The van der Waals surface area contributed by atoms with Crippen molar-refractivity contribution in [2.45, 2.75) is 13.3 Å². The SMILES string of the molecule is CC(NCCCCl)=C(C#N)C(=O)NC(=O)Nc1cccc(Cl)c1. The van der Waals surface area contributed by atoms with Crippen LogP contribution in [0.25, 0.3) is 0 Å². The minimum atomic E-state index is -0.789. The fourth-order valence-electron chi connectivity index (χ4n) is 1.63. The van der Waals surface area contributed by atoms with Crippen molar-refractivity contribution in [1.29, 1.82) is 5.26 Å². The number of nitrogens with zero attached hydrogens (tertiary/aromatic N) is 1. The summed E-state index contributed by atoms with van der Waals surface area (Å²) in [5.74, 6) is -0.320. The highest BCUT2D eigenvalue weighted by molar-refractivity contribution is 6.30. The quantitative estimate of drug-likeness (QED) is 0.316. The van der Waals surface area contributed by atoms with Gasteiger partial charge in [0.2, 0.25) is 0 Å². The van der Waals surface area contributed by atoms with Crippen molar-refractivity contribution >= 4 is 40.8 Å². The molecule has 0 aliphatic rings. The Labute approximate surface area is 144 Å². The van der Waals surface area contributed by atoms with E-state index in [4.69, 9.17) is 28.5 Å². The molecule has 0 aromatic heterocycles. The van der Waals surface area contributed by atoms with Crippen molar-refractivity contribution in [3.05, 3.63) is 40.6 Å². The molecule has 0 saturated heterocycles. The average molecular weight is 355 g/mol. The number of halogens is 2. The standard InChI is InChI=1S/C15H16Cl2N4O2/c1-10(19-7-3-6-16)13(9-18)14(22)21-15(23)20-12-5-2-4-11(17)8-12/h2,4-5,8,19H,3,6-7H2,1H3,(H2,20,21,22,23). The van der Waals surface area contributed by atoms with Gasteiger partial charge >= 0.3 is 6.03 Å². The third-order valence-corrected chi connectivity index (χ3v) is 3.23. The van der Waals surface area contributed by atoms with Crippen molar-refractivity contribution in [1.82, 2.24) is 10.6 Å². The van der Waals surface area contributed by atoms with Crippen molar-refractivity contribution in [3.8, 4) is 6.07 Å². The first-order valence-corrected chi connectivity index (χ1v) is 7.68. The lowest BCUT2D eigenvalue weighted by Crippen LogP contribution is -2.36. The van der Waals surface area contributed by atoms with E-state index in [1.165, 1.54) is 6.07 Å². The smallest absolute Gasteiger partial charge is 0.326 e. The minimum absolute atomic E-state index is 0.166. The molecule has 0 radical (unpaired) electrons. The largest absolute Gasteiger partial charge is 0.387 e. The topological polar surface area (TPSA) is 94.0 Å². The molecule has 23 heavy (non-hydrogen) atoms. The van der Waals surface area contributed by atoms with Gasteiger partial charge in [0.1, 0.15) is 11.6 Å². The Morgan fingerprint density at radius 3 is 2.70 bits per heavy atom. The molecule has 0 saturated carbocycles. The summed E-state index contributed by atoms with van der Waals surface area (Å²) in [5.41, 5.74) is 0.647. The number of carbonyl (C=O) groups is 2. The van der Waals surface area contributed by atoms with Crippen LogP contribution < -0.4 is 16.0 Å². The lowest BCUT2D eigenvalue weighted by atomic mass is 10.2. The molecular formula is C15H16Cl2N4O2. The van der Waals surface area contributed by atoms with E-state index in [2.05, 4.69) is 16.0 Å². The molecule has 0 aliphatic carbocycles. The summed E-state index contributed by atoms with van der Waals surface area (Å²) in [4.78, 5) is 23.8. The van der Waals surface area contributed by atoms with Gasteiger partial charge in [-0.3, -0.25) is 10.1 Å². The van der Waals surface area contributed by atoms with Crippen molar-refractivity contribution in [3.63, 3.8) is 0 Å². The molecule has 122 valence electrons. The van der Waals surface area contributed by atoms with E-state index < -0.39 is 11.9 Å². The third-order valence-electron chi connectivity index (χ3n) is 2.72. The molecule has 1 rings (SSSR count). The van der Waals surface area contributed by atoms with Crippen LogP contribution >= 0.6 is 23.2 Å². The number of hydrogen-bond donors (Lipinski definition) is 3. The number of rotatable bonds is 6. The van der Waals surface area contributed by atoms with Gasteiger partial charge in [-0.15, -0.1) is 11.6 Å². The van der Waals surface area contributed by atoms with Crippen LogP contribution in [0.2, 0.25) is 5.02 Å². The molecule has 0 heterocycles.